The summed E-state index contributed by atoms with van der Waals surface area (Å²) in [5.74, 6) is -0.252. The zero-order chi connectivity index (χ0) is 13.7. The molecule has 0 aliphatic heterocycles. The number of urea groups is 1. The van der Waals surface area contributed by atoms with Gasteiger partial charge in [0.25, 0.3) is 0 Å². The molecule has 0 unspecified atom stereocenters. The highest BCUT2D eigenvalue weighted by atomic mass is 35.5. The predicted octanol–water partition coefficient (Wildman–Crippen LogP) is 2.12. The van der Waals surface area contributed by atoms with Crippen molar-refractivity contribution in [2.24, 2.45) is 16.5 Å². The Morgan fingerprint density at radius 1 is 1.44 bits per heavy atom. The van der Waals surface area contributed by atoms with E-state index in [4.69, 9.17) is 23.1 Å². The summed E-state index contributed by atoms with van der Waals surface area (Å²) >= 11 is 5.95. The fourth-order valence-electron chi connectivity index (χ4n) is 1.64. The molecule has 5 nitrogen and oxygen atoms in total. The van der Waals surface area contributed by atoms with Crippen molar-refractivity contribution >= 4 is 29.3 Å². The van der Waals surface area contributed by atoms with Gasteiger partial charge in [0.15, 0.2) is 5.96 Å². The van der Waals surface area contributed by atoms with Crippen LogP contribution in [0.3, 0.4) is 0 Å². The molecule has 0 aliphatic rings. The third-order valence-electron chi connectivity index (χ3n) is 2.43. The van der Waals surface area contributed by atoms with Crippen LogP contribution >= 0.6 is 11.6 Å². The largest absolute Gasteiger partial charge is 0.370 e. The van der Waals surface area contributed by atoms with Gasteiger partial charge < -0.3 is 11.5 Å². The van der Waals surface area contributed by atoms with Crippen molar-refractivity contribution < 1.29 is 4.79 Å². The highest BCUT2D eigenvalue weighted by Gasteiger charge is 2.14. The SMILES string of the molecule is CCCc1cc(Cl)ccc1N(C)C(=O)N=C(N)N. The number of amides is 2. The van der Waals surface area contributed by atoms with E-state index in [1.54, 1.807) is 19.2 Å². The molecule has 1 aromatic rings. The van der Waals surface area contributed by atoms with Crippen molar-refractivity contribution in [1.29, 1.82) is 0 Å². The lowest BCUT2D eigenvalue weighted by Gasteiger charge is -2.18. The lowest BCUT2D eigenvalue weighted by molar-refractivity contribution is 0.255. The molecule has 0 bridgehead atoms. The lowest BCUT2D eigenvalue weighted by Crippen LogP contribution is -2.30. The van der Waals surface area contributed by atoms with E-state index in [-0.39, 0.29) is 5.96 Å². The lowest BCUT2D eigenvalue weighted by atomic mass is 10.1. The summed E-state index contributed by atoms with van der Waals surface area (Å²) in [7, 11) is 1.62. The van der Waals surface area contributed by atoms with Gasteiger partial charge in [-0.15, -0.1) is 0 Å². The molecular formula is C12H17ClN4O. The van der Waals surface area contributed by atoms with Crippen LogP contribution < -0.4 is 16.4 Å². The molecule has 98 valence electrons. The maximum Gasteiger partial charge on any atom is 0.350 e. The van der Waals surface area contributed by atoms with E-state index in [1.807, 2.05) is 6.07 Å². The number of hydrogen-bond acceptors (Lipinski definition) is 1. The third kappa shape index (κ3) is 3.63. The van der Waals surface area contributed by atoms with E-state index in [0.29, 0.717) is 5.02 Å². The quantitative estimate of drug-likeness (QED) is 0.650. The molecule has 0 saturated carbocycles. The summed E-state index contributed by atoms with van der Waals surface area (Å²) in [6.45, 7) is 2.06. The molecule has 0 heterocycles. The zero-order valence-electron chi connectivity index (χ0n) is 10.5. The van der Waals surface area contributed by atoms with Crippen LogP contribution in [0.1, 0.15) is 18.9 Å². The number of carbonyl (C=O) groups excluding carboxylic acids is 1. The predicted molar refractivity (Wildman–Crippen MR) is 75.1 cm³/mol. The molecule has 4 N–H and O–H groups in total. The molecule has 0 radical (unpaired) electrons. The van der Waals surface area contributed by atoms with Crippen molar-refractivity contribution in [2.45, 2.75) is 19.8 Å². The first-order valence-corrected chi connectivity index (χ1v) is 5.99. The molecule has 0 saturated heterocycles. The number of nitrogens with zero attached hydrogens (tertiary/aromatic N) is 2. The topological polar surface area (TPSA) is 84.7 Å². The normalized spacial score (nSPS) is 9.94. The van der Waals surface area contributed by atoms with Gasteiger partial charge in [0.05, 0.1) is 0 Å². The van der Waals surface area contributed by atoms with Gasteiger partial charge in [-0.25, -0.2) is 4.79 Å². The molecule has 1 rings (SSSR count). The molecule has 2 amide bonds. The van der Waals surface area contributed by atoms with Crippen LogP contribution in [0.15, 0.2) is 23.2 Å². The minimum atomic E-state index is -0.505. The Labute approximate surface area is 111 Å². The van der Waals surface area contributed by atoms with Gasteiger partial charge in [-0.3, -0.25) is 4.90 Å². The fraction of sp³-hybridized carbons (Fsp3) is 0.333. The number of benzene rings is 1. The summed E-state index contributed by atoms with van der Waals surface area (Å²) in [5.41, 5.74) is 12.1. The molecular weight excluding hydrogens is 252 g/mol. The third-order valence-corrected chi connectivity index (χ3v) is 2.67. The van der Waals surface area contributed by atoms with E-state index < -0.39 is 6.03 Å². The van der Waals surface area contributed by atoms with Crippen LogP contribution in [0.5, 0.6) is 0 Å². The highest BCUT2D eigenvalue weighted by molar-refractivity contribution is 6.30. The van der Waals surface area contributed by atoms with Crippen molar-refractivity contribution in [1.82, 2.24) is 0 Å². The first-order valence-electron chi connectivity index (χ1n) is 5.61. The van der Waals surface area contributed by atoms with Gasteiger partial charge in [-0.05, 0) is 30.2 Å². The molecule has 1 aromatic carbocycles. The van der Waals surface area contributed by atoms with Gasteiger partial charge in [0.2, 0.25) is 0 Å². The number of halogens is 1. The molecule has 0 spiro atoms. The standard InChI is InChI=1S/C12H17ClN4O/c1-3-4-8-7-9(13)5-6-10(8)17(2)12(18)16-11(14)15/h5-7H,3-4H2,1-2H3,(H4,14,15,16,18). The van der Waals surface area contributed by atoms with E-state index >= 15 is 0 Å². The number of hydrogen-bond donors (Lipinski definition) is 2. The Hall–Kier alpha value is -1.75. The van der Waals surface area contributed by atoms with Crippen molar-refractivity contribution in [3.05, 3.63) is 28.8 Å². The van der Waals surface area contributed by atoms with Gasteiger partial charge in [-0.1, -0.05) is 24.9 Å². The number of nitrogens with two attached hydrogens (primary N) is 2. The van der Waals surface area contributed by atoms with Crippen LogP contribution in [0.2, 0.25) is 5.02 Å². The van der Waals surface area contributed by atoms with Gasteiger partial charge >= 0.3 is 6.03 Å². The molecule has 0 atom stereocenters. The van der Waals surface area contributed by atoms with E-state index in [0.717, 1.165) is 24.1 Å². The maximum atomic E-state index is 11.7. The van der Waals surface area contributed by atoms with Gasteiger partial charge in [0.1, 0.15) is 0 Å². The second-order valence-corrected chi connectivity index (χ2v) is 4.34. The monoisotopic (exact) mass is 268 g/mol. The summed E-state index contributed by atoms with van der Waals surface area (Å²) < 4.78 is 0. The van der Waals surface area contributed by atoms with Gasteiger partial charge in [0, 0.05) is 17.8 Å². The second-order valence-electron chi connectivity index (χ2n) is 3.90. The number of rotatable bonds is 3. The molecule has 6 heteroatoms. The Bertz CT molecular complexity index is 469. The van der Waals surface area contributed by atoms with E-state index in [2.05, 4.69) is 11.9 Å². The second kappa shape index (κ2) is 6.26. The van der Waals surface area contributed by atoms with Crippen molar-refractivity contribution in [3.63, 3.8) is 0 Å². The average molecular weight is 269 g/mol. The molecule has 0 aromatic heterocycles. The smallest absolute Gasteiger partial charge is 0.350 e. The van der Waals surface area contributed by atoms with E-state index in [1.165, 1.54) is 4.90 Å². The number of anilines is 1. The van der Waals surface area contributed by atoms with Crippen molar-refractivity contribution in [3.8, 4) is 0 Å². The summed E-state index contributed by atoms with van der Waals surface area (Å²) in [4.78, 5) is 16.6. The molecule has 18 heavy (non-hydrogen) atoms. The average Bonchev–Trinajstić information content (AvgIpc) is 2.28. The van der Waals surface area contributed by atoms with Crippen LogP contribution in [0, 0.1) is 0 Å². The fourth-order valence-corrected chi connectivity index (χ4v) is 1.83. The number of carbonyl (C=O) groups is 1. The Morgan fingerprint density at radius 2 is 2.11 bits per heavy atom. The Morgan fingerprint density at radius 3 is 2.67 bits per heavy atom. The molecule has 0 fully saturated rings. The van der Waals surface area contributed by atoms with Crippen LogP contribution in [-0.2, 0) is 6.42 Å². The maximum absolute atomic E-state index is 11.7. The van der Waals surface area contributed by atoms with Gasteiger partial charge in [-0.2, -0.15) is 4.99 Å². The van der Waals surface area contributed by atoms with Crippen LogP contribution in [0.4, 0.5) is 10.5 Å². The highest BCUT2D eigenvalue weighted by Crippen LogP contribution is 2.25. The minimum absolute atomic E-state index is 0.252. The zero-order valence-corrected chi connectivity index (χ0v) is 11.2. The summed E-state index contributed by atoms with van der Waals surface area (Å²) in [6, 6.07) is 4.86. The van der Waals surface area contributed by atoms with Crippen LogP contribution in [-0.4, -0.2) is 19.0 Å². The Kier molecular flexibility index (Phi) is 4.97. The number of guanidine groups is 1. The van der Waals surface area contributed by atoms with Crippen LogP contribution in [0.25, 0.3) is 0 Å². The summed E-state index contributed by atoms with van der Waals surface area (Å²) in [5, 5.41) is 0.643. The van der Waals surface area contributed by atoms with E-state index in [9.17, 15) is 4.79 Å². The minimum Gasteiger partial charge on any atom is -0.370 e. The summed E-state index contributed by atoms with van der Waals surface area (Å²) in [6.07, 6.45) is 1.78. The Balaban J connectivity index is 3.08. The number of aryl methyl sites for hydroxylation is 1. The first-order chi connectivity index (χ1) is 8.45. The molecule has 0 aliphatic carbocycles. The number of aliphatic imine (C=N–C) groups is 1. The van der Waals surface area contributed by atoms with Crippen molar-refractivity contribution in [2.75, 3.05) is 11.9 Å². The first kappa shape index (κ1) is 14.3.